The van der Waals surface area contributed by atoms with Gasteiger partial charge in [0.2, 0.25) is 0 Å². The molecule has 0 amide bonds. The van der Waals surface area contributed by atoms with Gasteiger partial charge in [-0.1, -0.05) is 6.92 Å². The van der Waals surface area contributed by atoms with Crippen LogP contribution in [0.15, 0.2) is 36.5 Å². The fourth-order valence-corrected chi connectivity index (χ4v) is 8.12. The second-order valence-corrected chi connectivity index (χ2v) is 14.6. The van der Waals surface area contributed by atoms with Crippen molar-refractivity contribution in [3.8, 4) is 11.3 Å². The minimum atomic E-state index is -1.30. The lowest BCUT2D eigenvalue weighted by Gasteiger charge is -2.57. The number of benzene rings is 1. The molecule has 7 rings (SSSR count). The van der Waals surface area contributed by atoms with Crippen molar-refractivity contribution in [2.45, 2.75) is 77.1 Å². The van der Waals surface area contributed by atoms with Crippen LogP contribution in [0.2, 0.25) is 0 Å². The topological polar surface area (TPSA) is 128 Å². The number of aromatic nitrogens is 3. The van der Waals surface area contributed by atoms with Gasteiger partial charge in [0.25, 0.3) is 0 Å². The van der Waals surface area contributed by atoms with Gasteiger partial charge in [-0.15, -0.1) is 0 Å². The maximum absolute atomic E-state index is 10.7. The molecule has 6 heterocycles. The fourth-order valence-electron chi connectivity index (χ4n) is 8.12. The Balaban J connectivity index is 1.07. The second kappa shape index (κ2) is 14.2. The minimum Gasteiger partial charge on any atom is -0.381 e. The number of pyridine rings is 1. The van der Waals surface area contributed by atoms with Crippen LogP contribution in [0.3, 0.4) is 0 Å². The summed E-state index contributed by atoms with van der Waals surface area (Å²) in [7, 11) is 2.26. The third kappa shape index (κ3) is 7.16. The summed E-state index contributed by atoms with van der Waals surface area (Å²) < 4.78 is 5.59. The predicted octanol–water partition coefficient (Wildman–Crippen LogP) is 4.69. The number of nitrogens with one attached hydrogen (secondary N) is 2. The third-order valence-electron chi connectivity index (χ3n) is 11.1. The second-order valence-electron chi connectivity index (χ2n) is 14.6. The van der Waals surface area contributed by atoms with E-state index < -0.39 is 6.23 Å². The van der Waals surface area contributed by atoms with Crippen LogP contribution in [0.25, 0.3) is 11.3 Å². The maximum atomic E-state index is 10.7. The first-order chi connectivity index (χ1) is 23.3. The van der Waals surface area contributed by atoms with Crippen molar-refractivity contribution >= 4 is 23.0 Å². The monoisotopic (exact) mass is 655 g/mol. The number of likely N-dealkylation sites (tertiary alicyclic amines) is 2. The molecule has 5 N–H and O–H groups in total. The van der Waals surface area contributed by atoms with Crippen LogP contribution in [0.5, 0.6) is 0 Å². The first kappa shape index (κ1) is 33.2. The Morgan fingerprint density at radius 2 is 1.75 bits per heavy atom. The summed E-state index contributed by atoms with van der Waals surface area (Å²) in [5, 5.41) is 17.8. The zero-order valence-electron chi connectivity index (χ0n) is 28.9. The van der Waals surface area contributed by atoms with E-state index in [1.165, 1.54) is 63.1 Å². The summed E-state index contributed by atoms with van der Waals surface area (Å²) in [6, 6.07) is 11.4. The molecule has 4 aliphatic heterocycles. The molecular formula is C37H53N9O2. The number of nitrogens with zero attached hydrogens (tertiary/aromatic N) is 6. The van der Waals surface area contributed by atoms with E-state index >= 15 is 0 Å². The number of anilines is 4. The number of aryl methyl sites for hydroxylation is 2. The molecule has 1 spiro atoms. The van der Waals surface area contributed by atoms with Crippen LogP contribution in [-0.4, -0.2) is 101 Å². The fraction of sp³-hybridized carbons (Fsp3) is 0.595. The predicted molar refractivity (Wildman–Crippen MR) is 192 cm³/mol. The Morgan fingerprint density at radius 3 is 2.44 bits per heavy atom. The summed E-state index contributed by atoms with van der Waals surface area (Å²) in [6.45, 7) is 12.9. The van der Waals surface area contributed by atoms with Gasteiger partial charge in [-0.25, -0.2) is 9.97 Å². The van der Waals surface area contributed by atoms with E-state index in [-0.39, 0.29) is 6.04 Å². The molecule has 258 valence electrons. The van der Waals surface area contributed by atoms with Crippen molar-refractivity contribution in [1.29, 1.82) is 0 Å². The van der Waals surface area contributed by atoms with E-state index in [9.17, 15) is 5.11 Å². The van der Waals surface area contributed by atoms with Gasteiger partial charge in [0.05, 0.1) is 0 Å². The van der Waals surface area contributed by atoms with E-state index in [4.69, 9.17) is 20.4 Å². The molecule has 1 unspecified atom stereocenters. The minimum absolute atomic E-state index is 0.211. The average Bonchev–Trinajstić information content (AvgIpc) is 3.08. The van der Waals surface area contributed by atoms with Crippen LogP contribution in [0, 0.1) is 12.3 Å². The van der Waals surface area contributed by atoms with E-state index in [0.29, 0.717) is 47.7 Å². The first-order valence-corrected chi connectivity index (χ1v) is 18.0. The molecule has 0 radical (unpaired) electrons. The van der Waals surface area contributed by atoms with Gasteiger partial charge in [0.15, 0.2) is 11.6 Å². The van der Waals surface area contributed by atoms with Gasteiger partial charge in [-0.05, 0) is 113 Å². The molecule has 2 aromatic heterocycles. The van der Waals surface area contributed by atoms with Crippen molar-refractivity contribution < 1.29 is 9.84 Å². The quantitative estimate of drug-likeness (QED) is 0.240. The third-order valence-corrected chi connectivity index (χ3v) is 11.1. The summed E-state index contributed by atoms with van der Waals surface area (Å²) >= 11 is 0. The number of nitrogens with two attached hydrogens (primary N) is 1. The van der Waals surface area contributed by atoms with Gasteiger partial charge in [-0.2, -0.15) is 0 Å². The van der Waals surface area contributed by atoms with Crippen LogP contribution < -0.4 is 21.3 Å². The molecule has 1 aromatic carbocycles. The van der Waals surface area contributed by atoms with Gasteiger partial charge in [0, 0.05) is 80.3 Å². The van der Waals surface area contributed by atoms with E-state index in [1.807, 2.05) is 19.1 Å². The van der Waals surface area contributed by atoms with Crippen LogP contribution in [0.4, 0.5) is 23.0 Å². The summed E-state index contributed by atoms with van der Waals surface area (Å²) in [6.07, 6.45) is 8.32. The molecule has 4 saturated heterocycles. The van der Waals surface area contributed by atoms with Crippen molar-refractivity contribution in [3.63, 3.8) is 0 Å². The Kier molecular flexibility index (Phi) is 9.84. The number of hydrogen-bond acceptors (Lipinski definition) is 11. The SMILES string of the molecule is CCc1cc(Nc2nc(NC3CCOCC3)c(-c3ccnc(C)c3)nc2C(N)O)ccc1N1CCC(N2CC3(CCN(C)CC3)C2)CC1. The highest BCUT2D eigenvalue weighted by Gasteiger charge is 2.46. The Bertz CT molecular complexity index is 1550. The molecule has 1 atom stereocenters. The standard InChI is InChI=1S/C37H53N9O2/c1-4-26-22-29(5-6-31(26)45-15-8-30(9-16-45)46-23-37(24-46)12-17-44(3)18-13-37)41-36-33(34(38)47)42-32(27-7-14-39-25(2)21-27)35(43-36)40-28-10-19-48-20-11-28/h5-7,14,21-22,28,30,34,47H,4,8-13,15-20,23-24,38H2,1-3H3,(H2,40,41,43). The van der Waals surface area contributed by atoms with Gasteiger partial charge < -0.3 is 36.0 Å². The van der Waals surface area contributed by atoms with Crippen molar-refractivity contribution in [2.24, 2.45) is 11.1 Å². The summed E-state index contributed by atoms with van der Waals surface area (Å²) in [5.74, 6) is 1.10. The highest BCUT2D eigenvalue weighted by molar-refractivity contribution is 5.75. The van der Waals surface area contributed by atoms with Crippen LogP contribution >= 0.6 is 0 Å². The first-order valence-electron chi connectivity index (χ1n) is 18.0. The van der Waals surface area contributed by atoms with Crippen molar-refractivity contribution in [3.05, 3.63) is 53.5 Å². The zero-order chi connectivity index (χ0) is 33.3. The highest BCUT2D eigenvalue weighted by atomic mass is 16.5. The number of aliphatic hydroxyl groups excluding tert-OH is 1. The number of rotatable bonds is 9. The largest absolute Gasteiger partial charge is 0.381 e. The molecule has 11 nitrogen and oxygen atoms in total. The Morgan fingerprint density at radius 1 is 1.00 bits per heavy atom. The van der Waals surface area contributed by atoms with E-state index in [2.05, 4.69) is 62.5 Å². The molecule has 0 saturated carbocycles. The average molecular weight is 656 g/mol. The van der Waals surface area contributed by atoms with Crippen LogP contribution in [0.1, 0.15) is 68.6 Å². The summed E-state index contributed by atoms with van der Waals surface area (Å²) in [5.41, 5.74) is 12.9. The molecule has 0 aliphatic carbocycles. The molecule has 4 fully saturated rings. The maximum Gasteiger partial charge on any atom is 0.158 e. The Hall–Kier alpha value is -3.35. The van der Waals surface area contributed by atoms with Gasteiger partial charge in [-0.3, -0.25) is 9.88 Å². The van der Waals surface area contributed by atoms with Crippen molar-refractivity contribution in [1.82, 2.24) is 24.8 Å². The number of aliphatic hydroxyl groups is 1. The number of ether oxygens (including phenoxy) is 1. The molecule has 3 aromatic rings. The van der Waals surface area contributed by atoms with Gasteiger partial charge in [0.1, 0.15) is 17.6 Å². The smallest absolute Gasteiger partial charge is 0.158 e. The van der Waals surface area contributed by atoms with Gasteiger partial charge >= 0.3 is 0 Å². The lowest BCUT2D eigenvalue weighted by Crippen LogP contribution is -2.63. The Labute approximate surface area is 285 Å². The molecule has 11 heteroatoms. The molecular weight excluding hydrogens is 602 g/mol. The normalized spacial score (nSPS) is 21.6. The van der Waals surface area contributed by atoms with E-state index in [1.54, 1.807) is 6.20 Å². The molecule has 0 bridgehead atoms. The number of piperidine rings is 2. The van der Waals surface area contributed by atoms with Crippen LogP contribution in [-0.2, 0) is 11.2 Å². The number of hydrogen-bond donors (Lipinski definition) is 4. The molecule has 4 aliphatic rings. The van der Waals surface area contributed by atoms with Crippen molar-refractivity contribution in [2.75, 3.05) is 75.1 Å². The molecule has 48 heavy (non-hydrogen) atoms. The van der Waals surface area contributed by atoms with E-state index in [0.717, 1.165) is 49.3 Å². The zero-order valence-corrected chi connectivity index (χ0v) is 28.9. The summed E-state index contributed by atoms with van der Waals surface area (Å²) in [4.78, 5) is 22.1. The lowest BCUT2D eigenvalue weighted by molar-refractivity contribution is -0.0704. The highest BCUT2D eigenvalue weighted by Crippen LogP contribution is 2.43. The lowest BCUT2D eigenvalue weighted by atomic mass is 9.71.